The van der Waals surface area contributed by atoms with Crippen molar-refractivity contribution in [2.45, 2.75) is 68.7 Å². The summed E-state index contributed by atoms with van der Waals surface area (Å²) in [6, 6.07) is 7.77. The van der Waals surface area contributed by atoms with Gasteiger partial charge < -0.3 is 9.84 Å². The average molecular weight is 409 g/mol. The molecular formula is C19H28N4O4S. The van der Waals surface area contributed by atoms with E-state index in [1.165, 1.54) is 0 Å². The van der Waals surface area contributed by atoms with E-state index in [2.05, 4.69) is 28.9 Å². The molecule has 9 heteroatoms. The van der Waals surface area contributed by atoms with Crippen LogP contribution in [0.25, 0.3) is 0 Å². The Morgan fingerprint density at radius 3 is 2.68 bits per heavy atom. The summed E-state index contributed by atoms with van der Waals surface area (Å²) in [5, 5.41) is 18.0. The molecular weight excluding hydrogens is 380 g/mol. The van der Waals surface area contributed by atoms with E-state index < -0.39 is 22.2 Å². The van der Waals surface area contributed by atoms with Crippen LogP contribution in [-0.4, -0.2) is 53.4 Å². The number of benzene rings is 1. The number of hydrogen-bond acceptors (Lipinski definition) is 6. The lowest BCUT2D eigenvalue weighted by Crippen LogP contribution is -2.50. The van der Waals surface area contributed by atoms with Gasteiger partial charge in [-0.3, -0.25) is 4.68 Å². The van der Waals surface area contributed by atoms with Gasteiger partial charge in [0, 0.05) is 12.7 Å². The van der Waals surface area contributed by atoms with Crippen LogP contribution in [-0.2, 0) is 21.3 Å². The molecule has 1 saturated heterocycles. The van der Waals surface area contributed by atoms with E-state index in [4.69, 9.17) is 4.74 Å². The molecule has 8 nitrogen and oxygen atoms in total. The van der Waals surface area contributed by atoms with Crippen molar-refractivity contribution < 1.29 is 18.3 Å². The zero-order valence-corrected chi connectivity index (χ0v) is 17.0. The Kier molecular flexibility index (Phi) is 6.82. The molecule has 1 aliphatic heterocycles. The molecule has 2 aromatic rings. The van der Waals surface area contributed by atoms with Crippen molar-refractivity contribution in [1.82, 2.24) is 19.7 Å². The predicted octanol–water partition coefficient (Wildman–Crippen LogP) is 1.68. The minimum Gasteiger partial charge on any atom is -0.394 e. The molecule has 1 aromatic carbocycles. The van der Waals surface area contributed by atoms with Crippen molar-refractivity contribution in [2.24, 2.45) is 0 Å². The largest absolute Gasteiger partial charge is 0.394 e. The first-order valence-electron chi connectivity index (χ1n) is 9.62. The summed E-state index contributed by atoms with van der Waals surface area (Å²) in [5.74, 6) is 0.330. The summed E-state index contributed by atoms with van der Waals surface area (Å²) < 4.78 is 35.5. The third-order valence-corrected chi connectivity index (χ3v) is 6.49. The van der Waals surface area contributed by atoms with Gasteiger partial charge in [-0.25, -0.2) is 13.1 Å². The normalized spacial score (nSPS) is 23.2. The first kappa shape index (κ1) is 20.9. The summed E-state index contributed by atoms with van der Waals surface area (Å²) in [7, 11) is -3.64. The Hall–Kier alpha value is -1.81. The molecule has 0 radical (unpaired) electrons. The zero-order valence-electron chi connectivity index (χ0n) is 16.2. The van der Waals surface area contributed by atoms with Crippen LogP contribution in [0.5, 0.6) is 0 Å². The third kappa shape index (κ3) is 5.16. The van der Waals surface area contributed by atoms with Gasteiger partial charge in [0.15, 0.2) is 0 Å². The molecule has 1 aliphatic rings. The van der Waals surface area contributed by atoms with Gasteiger partial charge in [-0.15, -0.1) is 5.10 Å². The fourth-order valence-corrected chi connectivity index (χ4v) is 4.63. The molecule has 0 unspecified atom stereocenters. The van der Waals surface area contributed by atoms with Crippen LogP contribution in [0.2, 0.25) is 0 Å². The molecule has 0 amide bonds. The average Bonchev–Trinajstić information content (AvgIpc) is 3.17. The minimum atomic E-state index is -3.64. The first-order chi connectivity index (χ1) is 13.4. The number of aliphatic hydroxyl groups excluding tert-OH is 1. The highest BCUT2D eigenvalue weighted by molar-refractivity contribution is 7.89. The maximum absolute atomic E-state index is 12.5. The van der Waals surface area contributed by atoms with Gasteiger partial charge in [0.05, 0.1) is 35.4 Å². The number of nitrogens with zero attached hydrogens (tertiary/aromatic N) is 3. The molecule has 3 rings (SSSR count). The second-order valence-electron chi connectivity index (χ2n) is 7.45. The van der Waals surface area contributed by atoms with E-state index in [9.17, 15) is 13.5 Å². The highest BCUT2D eigenvalue weighted by atomic mass is 32.2. The van der Waals surface area contributed by atoms with Crippen molar-refractivity contribution in [3.63, 3.8) is 0 Å². The van der Waals surface area contributed by atoms with Crippen molar-refractivity contribution in [3.8, 4) is 0 Å². The highest BCUT2D eigenvalue weighted by Gasteiger charge is 2.33. The van der Waals surface area contributed by atoms with Crippen LogP contribution in [0.4, 0.5) is 0 Å². The van der Waals surface area contributed by atoms with Gasteiger partial charge in [0.2, 0.25) is 10.0 Å². The van der Waals surface area contributed by atoms with Crippen LogP contribution < -0.4 is 4.72 Å². The summed E-state index contributed by atoms with van der Waals surface area (Å²) in [4.78, 5) is 0.209. The third-order valence-electron chi connectivity index (χ3n) is 4.98. The minimum absolute atomic E-state index is 0.0543. The van der Waals surface area contributed by atoms with E-state index in [0.717, 1.165) is 12.1 Å². The van der Waals surface area contributed by atoms with Gasteiger partial charge in [0.1, 0.15) is 0 Å². The van der Waals surface area contributed by atoms with Crippen LogP contribution in [0, 0.1) is 0 Å². The standard InChI is InChI=1S/C19H28N4O4S/c1-14(2)18-12-23(22-20-18)11-10-15-8-9-17(19(13-24)27-15)21-28(25,26)16-6-4-3-5-7-16/h3-7,12,14-15,17,19,21,24H,8-11,13H2,1-2H3/t15-,17-,19+/m0/s1. The first-order valence-corrected chi connectivity index (χ1v) is 11.1. The summed E-state index contributed by atoms with van der Waals surface area (Å²) in [6.45, 7) is 4.57. The van der Waals surface area contributed by atoms with E-state index >= 15 is 0 Å². The molecule has 2 N–H and O–H groups in total. The quantitative estimate of drug-likeness (QED) is 0.688. The molecule has 2 heterocycles. The van der Waals surface area contributed by atoms with Crippen molar-refractivity contribution >= 4 is 10.0 Å². The lowest BCUT2D eigenvalue weighted by molar-refractivity contribution is -0.0891. The molecule has 0 spiro atoms. The Balaban J connectivity index is 1.56. The van der Waals surface area contributed by atoms with Gasteiger partial charge in [-0.05, 0) is 37.3 Å². The fourth-order valence-electron chi connectivity index (χ4n) is 3.31. The van der Waals surface area contributed by atoms with Crippen LogP contribution >= 0.6 is 0 Å². The zero-order chi connectivity index (χ0) is 20.1. The number of sulfonamides is 1. The maximum atomic E-state index is 12.5. The maximum Gasteiger partial charge on any atom is 0.240 e. The number of nitrogens with one attached hydrogen (secondary N) is 1. The number of aromatic nitrogens is 3. The fraction of sp³-hybridized carbons (Fsp3) is 0.579. The topological polar surface area (TPSA) is 106 Å². The van der Waals surface area contributed by atoms with Gasteiger partial charge >= 0.3 is 0 Å². The lowest BCUT2D eigenvalue weighted by Gasteiger charge is -2.36. The Morgan fingerprint density at radius 2 is 2.04 bits per heavy atom. The Morgan fingerprint density at radius 1 is 1.29 bits per heavy atom. The van der Waals surface area contributed by atoms with Crippen molar-refractivity contribution in [3.05, 3.63) is 42.2 Å². The van der Waals surface area contributed by atoms with Gasteiger partial charge in [-0.1, -0.05) is 37.3 Å². The second kappa shape index (κ2) is 9.13. The molecule has 0 bridgehead atoms. The number of aliphatic hydroxyl groups is 1. The molecule has 3 atom stereocenters. The lowest BCUT2D eigenvalue weighted by atomic mass is 9.98. The van der Waals surface area contributed by atoms with Crippen LogP contribution in [0.1, 0.15) is 44.7 Å². The monoisotopic (exact) mass is 408 g/mol. The second-order valence-corrected chi connectivity index (χ2v) is 9.16. The Bertz CT molecular complexity index is 854. The highest BCUT2D eigenvalue weighted by Crippen LogP contribution is 2.24. The van der Waals surface area contributed by atoms with E-state index in [-0.39, 0.29) is 17.6 Å². The molecule has 1 fully saturated rings. The van der Waals surface area contributed by atoms with Crippen molar-refractivity contribution in [2.75, 3.05) is 6.61 Å². The SMILES string of the molecule is CC(C)c1cn(CC[C@@H]2CC[C@H](NS(=O)(=O)c3ccccc3)[C@@H](CO)O2)nn1. The smallest absolute Gasteiger partial charge is 0.240 e. The van der Waals surface area contributed by atoms with E-state index in [1.807, 2.05) is 6.20 Å². The van der Waals surface area contributed by atoms with E-state index in [0.29, 0.717) is 25.3 Å². The van der Waals surface area contributed by atoms with Gasteiger partial charge in [0.25, 0.3) is 0 Å². The Labute approximate surface area is 166 Å². The van der Waals surface area contributed by atoms with Gasteiger partial charge in [-0.2, -0.15) is 0 Å². The molecule has 0 aliphatic carbocycles. The van der Waals surface area contributed by atoms with Crippen LogP contribution in [0.15, 0.2) is 41.4 Å². The molecule has 1 aromatic heterocycles. The number of ether oxygens (including phenoxy) is 1. The molecule has 28 heavy (non-hydrogen) atoms. The number of rotatable bonds is 8. The summed E-state index contributed by atoms with van der Waals surface area (Å²) in [5.41, 5.74) is 0.952. The number of hydrogen-bond donors (Lipinski definition) is 2. The summed E-state index contributed by atoms with van der Waals surface area (Å²) >= 11 is 0. The van der Waals surface area contributed by atoms with Crippen molar-refractivity contribution in [1.29, 1.82) is 0 Å². The number of aryl methyl sites for hydroxylation is 1. The molecule has 0 saturated carbocycles. The molecule has 154 valence electrons. The van der Waals surface area contributed by atoms with Crippen LogP contribution in [0.3, 0.4) is 0 Å². The summed E-state index contributed by atoms with van der Waals surface area (Å²) in [6.07, 6.45) is 3.37. The predicted molar refractivity (Wildman–Crippen MR) is 104 cm³/mol. The van der Waals surface area contributed by atoms with E-state index in [1.54, 1.807) is 35.0 Å².